The molecule has 0 atom stereocenters. The Kier molecular flexibility index (Phi) is 7.29. The van der Waals surface area contributed by atoms with Crippen LogP contribution >= 0.6 is 11.3 Å². The Balaban J connectivity index is 1.68. The number of guanidine groups is 1. The topological polar surface area (TPSA) is 112 Å². The van der Waals surface area contributed by atoms with Crippen LogP contribution in [-0.4, -0.2) is 70.2 Å². The van der Waals surface area contributed by atoms with Crippen LogP contribution in [0, 0.1) is 6.92 Å². The van der Waals surface area contributed by atoms with Crippen LogP contribution in [0.5, 0.6) is 0 Å². The van der Waals surface area contributed by atoms with Crippen LogP contribution in [0.4, 0.5) is 4.79 Å². The number of thiophene rings is 1. The first kappa shape index (κ1) is 22.4. The van der Waals surface area contributed by atoms with Crippen molar-refractivity contribution >= 4 is 33.4 Å². The van der Waals surface area contributed by atoms with Gasteiger partial charge in [-0.1, -0.05) is 0 Å². The maximum Gasteiger partial charge on any atom is 0.410 e. The minimum Gasteiger partial charge on any atom is -0.444 e. The van der Waals surface area contributed by atoms with Crippen LogP contribution < -0.4 is 15.4 Å². The van der Waals surface area contributed by atoms with Gasteiger partial charge in [0.05, 0.1) is 6.04 Å². The highest BCUT2D eigenvalue weighted by Gasteiger charge is 2.34. The second-order valence-electron chi connectivity index (χ2n) is 7.49. The quantitative estimate of drug-likeness (QED) is 0.354. The summed E-state index contributed by atoms with van der Waals surface area (Å²) < 4.78 is 32.5. The summed E-state index contributed by atoms with van der Waals surface area (Å²) in [6, 6.07) is 3.45. The summed E-state index contributed by atoms with van der Waals surface area (Å²) >= 11 is 1.24. The number of ether oxygens (including phenoxy) is 1. The summed E-state index contributed by atoms with van der Waals surface area (Å²) in [6.07, 6.45) is -0.327. The lowest BCUT2D eigenvalue weighted by Crippen LogP contribution is -2.63. The van der Waals surface area contributed by atoms with Crippen molar-refractivity contribution < 1.29 is 17.9 Å². The van der Waals surface area contributed by atoms with Gasteiger partial charge in [0.1, 0.15) is 9.81 Å². The minimum absolute atomic E-state index is 0.0736. The highest BCUT2D eigenvalue weighted by Crippen LogP contribution is 2.20. The van der Waals surface area contributed by atoms with Crippen LogP contribution in [-0.2, 0) is 14.8 Å². The van der Waals surface area contributed by atoms with E-state index in [0.717, 1.165) is 4.88 Å². The van der Waals surface area contributed by atoms with E-state index < -0.39 is 15.6 Å². The molecule has 0 spiro atoms. The van der Waals surface area contributed by atoms with E-state index >= 15 is 0 Å². The van der Waals surface area contributed by atoms with E-state index in [0.29, 0.717) is 29.8 Å². The normalized spacial score (nSPS) is 15.9. The van der Waals surface area contributed by atoms with Gasteiger partial charge >= 0.3 is 6.09 Å². The van der Waals surface area contributed by atoms with Crippen LogP contribution in [0.3, 0.4) is 0 Å². The van der Waals surface area contributed by atoms with E-state index in [9.17, 15) is 13.2 Å². The lowest BCUT2D eigenvalue weighted by molar-refractivity contribution is 0.00701. The van der Waals surface area contributed by atoms with Crippen molar-refractivity contribution in [3.05, 3.63) is 17.0 Å². The van der Waals surface area contributed by atoms with Gasteiger partial charge < -0.3 is 20.3 Å². The molecule has 1 aliphatic rings. The summed E-state index contributed by atoms with van der Waals surface area (Å²) in [5.41, 5.74) is -0.512. The molecule has 9 nitrogen and oxygen atoms in total. The molecule has 3 N–H and O–H groups in total. The number of amides is 1. The molecule has 1 aromatic heterocycles. The molecule has 1 saturated heterocycles. The molecule has 11 heteroatoms. The molecule has 0 aromatic carbocycles. The second-order valence-corrected chi connectivity index (χ2v) is 10.8. The number of likely N-dealkylation sites (tertiary alicyclic amines) is 1. The highest BCUT2D eigenvalue weighted by atomic mass is 32.2. The summed E-state index contributed by atoms with van der Waals surface area (Å²) in [4.78, 5) is 18.6. The predicted octanol–water partition coefficient (Wildman–Crippen LogP) is 1.12. The fourth-order valence-corrected chi connectivity index (χ4v) is 4.79. The zero-order valence-electron chi connectivity index (χ0n) is 16.9. The molecular formula is C17H29N5O4S2. The van der Waals surface area contributed by atoms with Crippen molar-refractivity contribution in [1.29, 1.82) is 0 Å². The fourth-order valence-electron chi connectivity index (χ4n) is 2.43. The highest BCUT2D eigenvalue weighted by molar-refractivity contribution is 7.91. The first-order valence-electron chi connectivity index (χ1n) is 9.01. The van der Waals surface area contributed by atoms with Crippen molar-refractivity contribution in [1.82, 2.24) is 20.3 Å². The van der Waals surface area contributed by atoms with Gasteiger partial charge in [0, 0.05) is 38.1 Å². The van der Waals surface area contributed by atoms with Gasteiger partial charge in [0.2, 0.25) is 10.0 Å². The van der Waals surface area contributed by atoms with Crippen molar-refractivity contribution in [3.8, 4) is 0 Å². The van der Waals surface area contributed by atoms with Gasteiger partial charge in [0.25, 0.3) is 0 Å². The molecule has 1 aromatic rings. The van der Waals surface area contributed by atoms with E-state index in [1.807, 2.05) is 27.7 Å². The lowest BCUT2D eigenvalue weighted by Gasteiger charge is -2.40. The third kappa shape index (κ3) is 6.64. The first-order chi connectivity index (χ1) is 13.0. The maximum atomic E-state index is 12.2. The smallest absolute Gasteiger partial charge is 0.410 e. The molecule has 0 bridgehead atoms. The molecule has 0 radical (unpaired) electrons. The van der Waals surface area contributed by atoms with Crippen LogP contribution in [0.2, 0.25) is 0 Å². The monoisotopic (exact) mass is 431 g/mol. The van der Waals surface area contributed by atoms with Crippen LogP contribution in [0.1, 0.15) is 25.6 Å². The lowest BCUT2D eigenvalue weighted by atomic mass is 10.1. The average molecular weight is 432 g/mol. The molecule has 0 saturated carbocycles. The van der Waals surface area contributed by atoms with Gasteiger partial charge in [0.15, 0.2) is 5.96 Å². The summed E-state index contributed by atoms with van der Waals surface area (Å²) in [5.74, 6) is 0.556. The zero-order valence-corrected chi connectivity index (χ0v) is 18.5. The molecule has 1 fully saturated rings. The third-order valence-corrected chi connectivity index (χ3v) is 6.74. The number of rotatable bonds is 6. The number of carbonyl (C=O) groups is 1. The van der Waals surface area contributed by atoms with E-state index in [1.165, 1.54) is 11.3 Å². The average Bonchev–Trinajstić information content (AvgIpc) is 2.98. The van der Waals surface area contributed by atoms with E-state index in [1.54, 1.807) is 24.1 Å². The molecule has 0 aliphatic carbocycles. The van der Waals surface area contributed by atoms with Gasteiger partial charge in [-0.3, -0.25) is 4.99 Å². The molecule has 28 heavy (non-hydrogen) atoms. The number of carbonyl (C=O) groups excluding carboxylic acids is 1. The van der Waals surface area contributed by atoms with Gasteiger partial charge in [-0.25, -0.2) is 17.9 Å². The van der Waals surface area contributed by atoms with Crippen molar-refractivity contribution in [2.75, 3.05) is 33.2 Å². The Morgan fingerprint density at radius 2 is 2.00 bits per heavy atom. The van der Waals surface area contributed by atoms with Gasteiger partial charge in [-0.2, -0.15) is 0 Å². The van der Waals surface area contributed by atoms with Crippen LogP contribution in [0.25, 0.3) is 0 Å². The predicted molar refractivity (Wildman–Crippen MR) is 110 cm³/mol. The largest absolute Gasteiger partial charge is 0.444 e. The van der Waals surface area contributed by atoms with Crippen LogP contribution in [0.15, 0.2) is 21.3 Å². The van der Waals surface area contributed by atoms with Crippen molar-refractivity contribution in [2.45, 2.75) is 43.5 Å². The van der Waals surface area contributed by atoms with Gasteiger partial charge in [-0.05, 0) is 39.8 Å². The number of hydrogen-bond acceptors (Lipinski definition) is 6. The minimum atomic E-state index is -3.48. The summed E-state index contributed by atoms with van der Waals surface area (Å²) in [7, 11) is -1.85. The SMILES string of the molecule is CN=C(NCCNS(=O)(=O)c1ccc(C)s1)NC1CN(C(=O)OC(C)(C)C)C1. The number of aliphatic imine (C=N–C) groups is 1. The molecule has 158 valence electrons. The number of nitrogens with one attached hydrogen (secondary N) is 3. The molecule has 2 heterocycles. The Hall–Kier alpha value is -1.85. The number of hydrogen-bond donors (Lipinski definition) is 3. The fraction of sp³-hybridized carbons (Fsp3) is 0.647. The maximum absolute atomic E-state index is 12.2. The van der Waals surface area contributed by atoms with E-state index in [4.69, 9.17) is 4.74 Å². The van der Waals surface area contributed by atoms with Crippen molar-refractivity contribution in [3.63, 3.8) is 0 Å². The second kappa shape index (κ2) is 9.10. The summed E-state index contributed by atoms with van der Waals surface area (Å²) in [5, 5.41) is 6.26. The van der Waals surface area contributed by atoms with Crippen molar-refractivity contribution in [2.24, 2.45) is 4.99 Å². The molecule has 2 rings (SSSR count). The van der Waals surface area contributed by atoms with Gasteiger partial charge in [-0.15, -0.1) is 11.3 Å². The van der Waals surface area contributed by atoms with E-state index in [2.05, 4.69) is 20.3 Å². The molecular weight excluding hydrogens is 402 g/mol. The zero-order chi connectivity index (χ0) is 20.9. The molecule has 0 unspecified atom stereocenters. The number of sulfonamides is 1. The Morgan fingerprint density at radius 3 is 2.54 bits per heavy atom. The molecule has 1 amide bonds. The Bertz CT molecular complexity index is 808. The number of nitrogens with zero attached hydrogens (tertiary/aromatic N) is 2. The summed E-state index contributed by atoms with van der Waals surface area (Å²) in [6.45, 7) is 9.03. The standard InChI is InChI=1S/C17H29N5O4S2/c1-12-6-7-14(27-12)28(24,25)20-9-8-19-15(18-5)21-13-10-22(11-13)16(23)26-17(2,3)4/h6-7,13,20H,8-11H2,1-5H3,(H2,18,19,21). The van der Waals surface area contributed by atoms with E-state index in [-0.39, 0.29) is 18.7 Å². The Morgan fingerprint density at radius 1 is 1.32 bits per heavy atom. The third-order valence-electron chi connectivity index (χ3n) is 3.79. The number of aryl methyl sites for hydroxylation is 1. The molecule has 1 aliphatic heterocycles. The Labute approximate surface area is 170 Å². The first-order valence-corrected chi connectivity index (χ1v) is 11.3.